The van der Waals surface area contributed by atoms with E-state index < -0.39 is 10.9 Å². The van der Waals surface area contributed by atoms with Crippen LogP contribution in [0.25, 0.3) is 0 Å². The molecule has 2 N–H and O–H groups in total. The first kappa shape index (κ1) is 14.4. The Labute approximate surface area is 119 Å². The normalized spacial score (nSPS) is 11.7. The van der Waals surface area contributed by atoms with E-state index in [1.165, 1.54) is 31.6 Å². The summed E-state index contributed by atoms with van der Waals surface area (Å²) in [5.41, 5.74) is 0.308. The highest BCUT2D eigenvalue weighted by Gasteiger charge is 2.19. The Kier molecular flexibility index (Phi) is 4.12. The predicted molar refractivity (Wildman–Crippen MR) is 72.9 cm³/mol. The lowest BCUT2D eigenvalue weighted by molar-refractivity contribution is -0.384. The third kappa shape index (κ3) is 3.14. The average Bonchev–Trinajstić information content (AvgIpc) is 3.00. The molecule has 0 aliphatic carbocycles. The molecule has 0 bridgehead atoms. The summed E-state index contributed by atoms with van der Waals surface area (Å²) in [5, 5.41) is 20.3. The Morgan fingerprint density at radius 1 is 1.52 bits per heavy atom. The van der Waals surface area contributed by atoms with E-state index >= 15 is 0 Å². The molecule has 0 radical (unpaired) electrons. The van der Waals surface area contributed by atoms with E-state index in [9.17, 15) is 14.9 Å². The van der Waals surface area contributed by atoms with E-state index in [1.54, 1.807) is 0 Å². The molecule has 9 nitrogen and oxygen atoms in total. The van der Waals surface area contributed by atoms with E-state index in [0.29, 0.717) is 11.5 Å². The predicted octanol–water partition coefficient (Wildman–Crippen LogP) is 1.67. The molecule has 21 heavy (non-hydrogen) atoms. The molecule has 2 aromatic rings. The molecule has 1 unspecified atom stereocenters. The van der Waals surface area contributed by atoms with Crippen molar-refractivity contribution in [3.8, 4) is 0 Å². The van der Waals surface area contributed by atoms with Gasteiger partial charge in [0.1, 0.15) is 12.2 Å². The van der Waals surface area contributed by atoms with Crippen molar-refractivity contribution in [3.63, 3.8) is 0 Å². The van der Waals surface area contributed by atoms with Gasteiger partial charge in [0.05, 0.1) is 23.6 Å². The number of nitro benzene ring substituents is 1. The van der Waals surface area contributed by atoms with Gasteiger partial charge in [0, 0.05) is 17.8 Å². The van der Waals surface area contributed by atoms with Crippen molar-refractivity contribution < 1.29 is 14.5 Å². The van der Waals surface area contributed by atoms with Crippen molar-refractivity contribution in [2.45, 2.75) is 13.0 Å². The number of aromatic amines is 1. The molecule has 0 amide bonds. The second-order valence-electron chi connectivity index (χ2n) is 4.22. The van der Waals surface area contributed by atoms with E-state index in [1.807, 2.05) is 6.92 Å². The number of anilines is 1. The second kappa shape index (κ2) is 5.99. The van der Waals surface area contributed by atoms with Gasteiger partial charge >= 0.3 is 5.97 Å². The van der Waals surface area contributed by atoms with E-state index in [2.05, 4.69) is 25.2 Å². The van der Waals surface area contributed by atoms with Crippen LogP contribution in [0.1, 0.15) is 29.1 Å². The summed E-state index contributed by atoms with van der Waals surface area (Å²) >= 11 is 0. The lowest BCUT2D eigenvalue weighted by Gasteiger charge is -2.15. The number of hydrogen-bond acceptors (Lipinski definition) is 7. The monoisotopic (exact) mass is 291 g/mol. The zero-order valence-electron chi connectivity index (χ0n) is 11.4. The average molecular weight is 291 g/mol. The van der Waals surface area contributed by atoms with Gasteiger partial charge in [-0.25, -0.2) is 9.78 Å². The Morgan fingerprint density at radius 2 is 2.29 bits per heavy atom. The van der Waals surface area contributed by atoms with Crippen molar-refractivity contribution >= 4 is 17.3 Å². The number of nitrogens with zero attached hydrogens (tertiary/aromatic N) is 3. The molecule has 110 valence electrons. The fraction of sp³-hybridized carbons (Fsp3) is 0.250. The van der Waals surface area contributed by atoms with Crippen molar-refractivity contribution in [1.29, 1.82) is 0 Å². The van der Waals surface area contributed by atoms with Crippen LogP contribution < -0.4 is 5.32 Å². The number of non-ortho nitro benzene ring substituents is 1. The number of carbonyl (C=O) groups excluding carboxylic acids is 1. The lowest BCUT2D eigenvalue weighted by atomic mass is 10.1. The topological polar surface area (TPSA) is 123 Å². The van der Waals surface area contributed by atoms with Gasteiger partial charge in [-0.05, 0) is 13.0 Å². The number of rotatable bonds is 5. The van der Waals surface area contributed by atoms with Crippen LogP contribution in [-0.2, 0) is 4.74 Å². The number of esters is 1. The highest BCUT2D eigenvalue weighted by atomic mass is 16.6. The number of methoxy groups -OCH3 is 1. The maximum absolute atomic E-state index is 11.8. The van der Waals surface area contributed by atoms with E-state index in [4.69, 9.17) is 0 Å². The molecule has 0 aliphatic heterocycles. The summed E-state index contributed by atoms with van der Waals surface area (Å²) in [5.74, 6) is -0.0878. The molecular weight excluding hydrogens is 278 g/mol. The summed E-state index contributed by atoms with van der Waals surface area (Å²) in [6.45, 7) is 1.81. The summed E-state index contributed by atoms with van der Waals surface area (Å²) < 4.78 is 4.65. The smallest absolute Gasteiger partial charge is 0.340 e. The molecule has 1 aromatic heterocycles. The minimum atomic E-state index is -0.661. The molecule has 0 spiro atoms. The van der Waals surface area contributed by atoms with Crippen LogP contribution >= 0.6 is 0 Å². The highest BCUT2D eigenvalue weighted by molar-refractivity contribution is 5.96. The second-order valence-corrected chi connectivity index (χ2v) is 4.22. The quantitative estimate of drug-likeness (QED) is 0.488. The van der Waals surface area contributed by atoms with Gasteiger partial charge < -0.3 is 10.1 Å². The fourth-order valence-electron chi connectivity index (χ4n) is 1.78. The number of aromatic nitrogens is 3. The largest absolute Gasteiger partial charge is 0.465 e. The first-order valence-corrected chi connectivity index (χ1v) is 6.01. The Bertz CT molecular complexity index is 656. The number of carbonyl (C=O) groups is 1. The SMILES string of the molecule is COC(=O)c1cc([N+](=O)[O-])ccc1NC(C)c1ncn[nH]1. The number of nitro groups is 1. The number of nitrogens with one attached hydrogen (secondary N) is 2. The van der Waals surface area contributed by atoms with Gasteiger partial charge in [-0.2, -0.15) is 5.10 Å². The molecule has 0 aliphatic rings. The van der Waals surface area contributed by atoms with Crippen LogP contribution in [0.5, 0.6) is 0 Å². The van der Waals surface area contributed by atoms with Crippen molar-refractivity contribution in [1.82, 2.24) is 15.2 Å². The maximum Gasteiger partial charge on any atom is 0.340 e. The number of hydrogen-bond donors (Lipinski definition) is 2. The zero-order chi connectivity index (χ0) is 15.4. The minimum absolute atomic E-state index is 0.0815. The summed E-state index contributed by atoms with van der Waals surface area (Å²) in [6, 6.07) is 3.66. The van der Waals surface area contributed by atoms with Crippen LogP contribution in [0.2, 0.25) is 0 Å². The summed E-state index contributed by atoms with van der Waals surface area (Å²) in [7, 11) is 1.21. The Hall–Kier alpha value is -2.97. The third-order valence-electron chi connectivity index (χ3n) is 2.84. The molecule has 0 saturated heterocycles. The molecule has 0 saturated carbocycles. The lowest BCUT2D eigenvalue weighted by Crippen LogP contribution is -2.13. The third-order valence-corrected chi connectivity index (χ3v) is 2.84. The Balaban J connectivity index is 2.33. The molecule has 1 heterocycles. The first-order chi connectivity index (χ1) is 10.0. The number of ether oxygens (including phenoxy) is 1. The summed E-state index contributed by atoms with van der Waals surface area (Å²) in [4.78, 5) is 26.0. The van der Waals surface area contributed by atoms with Gasteiger partial charge in [-0.1, -0.05) is 0 Å². The van der Waals surface area contributed by atoms with Crippen LogP contribution in [0.3, 0.4) is 0 Å². The van der Waals surface area contributed by atoms with Crippen molar-refractivity contribution in [2.24, 2.45) is 0 Å². The number of benzene rings is 1. The van der Waals surface area contributed by atoms with Gasteiger partial charge in [-0.3, -0.25) is 15.2 Å². The zero-order valence-corrected chi connectivity index (χ0v) is 11.4. The van der Waals surface area contributed by atoms with Crippen LogP contribution in [-0.4, -0.2) is 33.2 Å². The fourth-order valence-corrected chi connectivity index (χ4v) is 1.78. The summed E-state index contributed by atoms with van der Waals surface area (Å²) in [6.07, 6.45) is 1.37. The molecule has 1 aromatic carbocycles. The maximum atomic E-state index is 11.8. The van der Waals surface area contributed by atoms with Crippen LogP contribution in [0.4, 0.5) is 11.4 Å². The van der Waals surface area contributed by atoms with Gasteiger partial charge in [0.2, 0.25) is 0 Å². The highest BCUT2D eigenvalue weighted by Crippen LogP contribution is 2.25. The van der Waals surface area contributed by atoms with E-state index in [0.717, 1.165) is 0 Å². The van der Waals surface area contributed by atoms with Crippen LogP contribution in [0.15, 0.2) is 24.5 Å². The van der Waals surface area contributed by atoms with Crippen molar-refractivity contribution in [3.05, 3.63) is 46.0 Å². The minimum Gasteiger partial charge on any atom is -0.465 e. The van der Waals surface area contributed by atoms with Crippen LogP contribution in [0, 0.1) is 10.1 Å². The molecule has 2 rings (SSSR count). The van der Waals surface area contributed by atoms with Gasteiger partial charge in [0.15, 0.2) is 0 Å². The molecule has 1 atom stereocenters. The first-order valence-electron chi connectivity index (χ1n) is 6.01. The number of H-pyrrole nitrogens is 1. The Morgan fingerprint density at radius 3 is 2.86 bits per heavy atom. The van der Waals surface area contributed by atoms with Crippen molar-refractivity contribution in [2.75, 3.05) is 12.4 Å². The standard InChI is InChI=1S/C12H13N5O4/c1-7(11-13-6-14-16-11)15-10-4-3-8(17(19)20)5-9(10)12(18)21-2/h3-7,15H,1-2H3,(H,13,14,16). The molecule has 0 fully saturated rings. The molecule has 9 heteroatoms. The molecular formula is C12H13N5O4. The van der Waals surface area contributed by atoms with Gasteiger partial charge in [0.25, 0.3) is 5.69 Å². The van der Waals surface area contributed by atoms with Gasteiger partial charge in [-0.15, -0.1) is 0 Å². The van der Waals surface area contributed by atoms with E-state index in [-0.39, 0.29) is 17.3 Å².